The number of amides is 1. The van der Waals surface area contributed by atoms with Crippen LogP contribution in [0.2, 0.25) is 0 Å². The molecule has 0 spiro atoms. The number of methoxy groups -OCH3 is 1. The number of rotatable bonds is 9. The first-order valence-corrected chi connectivity index (χ1v) is 8.08. The molecule has 8 nitrogen and oxygen atoms in total. The molecular weight excluding hydrogens is 378 g/mol. The van der Waals surface area contributed by atoms with Gasteiger partial charge in [-0.3, -0.25) is 14.4 Å². The Labute approximate surface area is 158 Å². The second-order valence-corrected chi connectivity index (χ2v) is 5.47. The second kappa shape index (κ2) is 10.0. The largest absolute Gasteiger partial charge is 0.493 e. The third kappa shape index (κ3) is 6.38. The second-order valence-electron chi connectivity index (χ2n) is 5.47. The van der Waals surface area contributed by atoms with Crippen molar-refractivity contribution in [2.75, 3.05) is 13.7 Å². The number of hydrogen-bond donors (Lipinski definition) is 1. The van der Waals surface area contributed by atoms with Crippen molar-refractivity contribution in [3.05, 3.63) is 58.5 Å². The lowest BCUT2D eigenvalue weighted by atomic mass is 10.2. The highest BCUT2D eigenvalue weighted by molar-refractivity contribution is 5.80. The van der Waals surface area contributed by atoms with Crippen LogP contribution in [0.1, 0.15) is 5.56 Å². The zero-order valence-corrected chi connectivity index (χ0v) is 14.9. The van der Waals surface area contributed by atoms with Gasteiger partial charge in [-0.2, -0.15) is 8.78 Å². The SMILES string of the molecule is COc1cc(CNC(=O)COC(=O)Cn2ccccc2=O)ccc1OC(F)F. The van der Waals surface area contributed by atoms with E-state index in [-0.39, 0.29) is 30.1 Å². The Kier molecular flexibility index (Phi) is 7.49. The standard InChI is InChI=1S/C18H18F2N2O6/c1-26-14-8-12(5-6-13(14)28-18(19)20)9-21-15(23)11-27-17(25)10-22-7-3-2-4-16(22)24/h2-8,18H,9-11H2,1H3,(H,21,23). The maximum atomic E-state index is 12.3. The first kappa shape index (κ1) is 20.9. The van der Waals surface area contributed by atoms with Crippen LogP contribution in [0.15, 0.2) is 47.4 Å². The van der Waals surface area contributed by atoms with Crippen LogP contribution in [0.3, 0.4) is 0 Å². The third-order valence-corrected chi connectivity index (χ3v) is 3.50. The van der Waals surface area contributed by atoms with Crippen molar-refractivity contribution in [2.24, 2.45) is 0 Å². The Balaban J connectivity index is 1.81. The fraction of sp³-hybridized carbons (Fsp3) is 0.278. The molecule has 0 saturated carbocycles. The summed E-state index contributed by atoms with van der Waals surface area (Å²) in [6.07, 6.45) is 1.43. The molecule has 0 saturated heterocycles. The molecule has 2 rings (SSSR count). The molecule has 0 atom stereocenters. The fourth-order valence-corrected chi connectivity index (χ4v) is 2.19. The summed E-state index contributed by atoms with van der Waals surface area (Å²) in [7, 11) is 1.30. The minimum atomic E-state index is -2.99. The Morgan fingerprint density at radius 1 is 1.18 bits per heavy atom. The lowest BCUT2D eigenvalue weighted by molar-refractivity contribution is -0.149. The molecule has 1 aromatic heterocycles. The molecule has 1 amide bonds. The predicted molar refractivity (Wildman–Crippen MR) is 93.1 cm³/mol. The summed E-state index contributed by atoms with van der Waals surface area (Å²) in [6, 6.07) is 8.64. The van der Waals surface area contributed by atoms with Crippen molar-refractivity contribution in [1.29, 1.82) is 0 Å². The Morgan fingerprint density at radius 3 is 2.64 bits per heavy atom. The van der Waals surface area contributed by atoms with Crippen molar-refractivity contribution < 1.29 is 32.6 Å². The van der Waals surface area contributed by atoms with Crippen LogP contribution in [-0.2, 0) is 27.4 Å². The highest BCUT2D eigenvalue weighted by Crippen LogP contribution is 2.29. The summed E-state index contributed by atoms with van der Waals surface area (Å²) in [6.45, 7) is -3.76. The van der Waals surface area contributed by atoms with Gasteiger partial charge in [0.05, 0.1) is 7.11 Å². The first-order chi connectivity index (χ1) is 13.4. The summed E-state index contributed by atoms with van der Waals surface area (Å²) in [5.74, 6) is -1.34. The molecule has 1 aromatic carbocycles. The Hall–Kier alpha value is -3.43. The lowest BCUT2D eigenvalue weighted by Crippen LogP contribution is -2.30. The quantitative estimate of drug-likeness (QED) is 0.643. The molecule has 150 valence electrons. The van der Waals surface area contributed by atoms with Crippen LogP contribution >= 0.6 is 0 Å². The summed E-state index contributed by atoms with van der Waals surface area (Å²) in [5.41, 5.74) is 0.200. The van der Waals surface area contributed by atoms with Gasteiger partial charge in [0.1, 0.15) is 6.54 Å². The highest BCUT2D eigenvalue weighted by atomic mass is 19.3. The van der Waals surface area contributed by atoms with Crippen LogP contribution in [0.25, 0.3) is 0 Å². The van der Waals surface area contributed by atoms with Crippen molar-refractivity contribution in [3.8, 4) is 11.5 Å². The van der Waals surface area contributed by atoms with Gasteiger partial charge in [-0.25, -0.2) is 0 Å². The van der Waals surface area contributed by atoms with E-state index >= 15 is 0 Å². The van der Waals surface area contributed by atoms with Crippen molar-refractivity contribution in [1.82, 2.24) is 9.88 Å². The number of carbonyl (C=O) groups is 2. The normalized spacial score (nSPS) is 10.4. The molecule has 0 aliphatic carbocycles. The van der Waals surface area contributed by atoms with Crippen LogP contribution < -0.4 is 20.3 Å². The predicted octanol–water partition coefficient (Wildman–Crippen LogP) is 1.32. The van der Waals surface area contributed by atoms with E-state index in [0.29, 0.717) is 5.56 Å². The van der Waals surface area contributed by atoms with Gasteiger partial charge in [-0.1, -0.05) is 12.1 Å². The molecule has 28 heavy (non-hydrogen) atoms. The lowest BCUT2D eigenvalue weighted by Gasteiger charge is -2.12. The maximum Gasteiger partial charge on any atom is 0.387 e. The number of carbonyl (C=O) groups excluding carboxylic acids is 2. The van der Waals surface area contributed by atoms with Gasteiger partial charge >= 0.3 is 12.6 Å². The van der Waals surface area contributed by atoms with E-state index in [2.05, 4.69) is 10.1 Å². The molecule has 0 bridgehead atoms. The van der Waals surface area contributed by atoms with Gasteiger partial charge in [0, 0.05) is 18.8 Å². The summed E-state index contributed by atoms with van der Waals surface area (Å²) in [5, 5.41) is 2.51. The molecule has 0 aliphatic heterocycles. The number of aromatic nitrogens is 1. The van der Waals surface area contributed by atoms with Crippen molar-refractivity contribution >= 4 is 11.9 Å². The number of alkyl halides is 2. The number of nitrogens with one attached hydrogen (secondary N) is 1. The maximum absolute atomic E-state index is 12.3. The summed E-state index contributed by atoms with van der Waals surface area (Å²) in [4.78, 5) is 35.0. The number of nitrogens with zero attached hydrogens (tertiary/aromatic N) is 1. The number of esters is 1. The van der Waals surface area contributed by atoms with Crippen LogP contribution in [0.4, 0.5) is 8.78 Å². The smallest absolute Gasteiger partial charge is 0.387 e. The average Bonchev–Trinajstić information content (AvgIpc) is 2.67. The van der Waals surface area contributed by atoms with Crippen LogP contribution in [0.5, 0.6) is 11.5 Å². The van der Waals surface area contributed by atoms with Crippen molar-refractivity contribution in [3.63, 3.8) is 0 Å². The van der Waals surface area contributed by atoms with Gasteiger partial charge in [-0.05, 0) is 23.8 Å². The molecule has 0 radical (unpaired) electrons. The van der Waals surface area contributed by atoms with E-state index in [1.54, 1.807) is 12.1 Å². The molecule has 10 heteroatoms. The zero-order valence-electron chi connectivity index (χ0n) is 14.9. The monoisotopic (exact) mass is 396 g/mol. The van der Waals surface area contributed by atoms with E-state index in [1.165, 1.54) is 37.6 Å². The molecule has 0 aliphatic rings. The topological polar surface area (TPSA) is 95.9 Å². The van der Waals surface area contributed by atoms with Crippen molar-refractivity contribution in [2.45, 2.75) is 19.7 Å². The number of benzene rings is 1. The molecule has 0 unspecified atom stereocenters. The fourth-order valence-electron chi connectivity index (χ4n) is 2.19. The van der Waals surface area contributed by atoms with Gasteiger partial charge in [-0.15, -0.1) is 0 Å². The van der Waals surface area contributed by atoms with Gasteiger partial charge in [0.2, 0.25) is 0 Å². The summed E-state index contributed by atoms with van der Waals surface area (Å²) >= 11 is 0. The van der Waals surface area contributed by atoms with E-state index in [0.717, 1.165) is 4.57 Å². The molecule has 1 heterocycles. The molecular formula is C18H18F2N2O6. The average molecular weight is 396 g/mol. The van der Waals surface area contributed by atoms with Gasteiger partial charge in [0.25, 0.3) is 11.5 Å². The van der Waals surface area contributed by atoms with Crippen LogP contribution in [-0.4, -0.2) is 36.8 Å². The van der Waals surface area contributed by atoms with E-state index in [1.807, 2.05) is 0 Å². The van der Waals surface area contributed by atoms with Gasteiger partial charge in [0.15, 0.2) is 18.1 Å². The molecule has 1 N–H and O–H groups in total. The number of hydrogen-bond acceptors (Lipinski definition) is 6. The summed E-state index contributed by atoms with van der Waals surface area (Å²) < 4.78 is 39.9. The zero-order chi connectivity index (χ0) is 20.5. The number of ether oxygens (including phenoxy) is 3. The van der Waals surface area contributed by atoms with E-state index in [9.17, 15) is 23.2 Å². The van der Waals surface area contributed by atoms with E-state index in [4.69, 9.17) is 9.47 Å². The molecule has 2 aromatic rings. The molecule has 0 fully saturated rings. The first-order valence-electron chi connectivity index (χ1n) is 8.08. The Bertz CT molecular complexity index is 884. The Morgan fingerprint density at radius 2 is 1.96 bits per heavy atom. The number of halogens is 2. The third-order valence-electron chi connectivity index (χ3n) is 3.50. The van der Waals surface area contributed by atoms with E-state index < -0.39 is 25.1 Å². The number of pyridine rings is 1. The van der Waals surface area contributed by atoms with Crippen LogP contribution in [0, 0.1) is 0 Å². The minimum Gasteiger partial charge on any atom is -0.493 e. The van der Waals surface area contributed by atoms with Gasteiger partial charge < -0.3 is 24.1 Å². The highest BCUT2D eigenvalue weighted by Gasteiger charge is 2.12. The minimum absolute atomic E-state index is 0.0554.